The highest BCUT2D eigenvalue weighted by Gasteiger charge is 2.38. The molecule has 0 aromatic rings. The van der Waals surface area contributed by atoms with Crippen molar-refractivity contribution in [3.05, 3.63) is 12.7 Å². The second-order valence-electron chi connectivity index (χ2n) is 3.50. The molecule has 1 atom stereocenters. The van der Waals surface area contributed by atoms with Crippen LogP contribution in [0, 0.1) is 0 Å². The molecule has 0 aliphatic carbocycles. The highest BCUT2D eigenvalue weighted by atomic mass is 16.8. The van der Waals surface area contributed by atoms with Crippen LogP contribution in [0.2, 0.25) is 0 Å². The third-order valence-corrected chi connectivity index (χ3v) is 2.57. The minimum atomic E-state index is -0.481. The van der Waals surface area contributed by atoms with Crippen LogP contribution < -0.4 is 0 Å². The normalized spacial score (nSPS) is 23.7. The second-order valence-corrected chi connectivity index (χ2v) is 3.50. The molecule has 15 heavy (non-hydrogen) atoms. The Hall–Kier alpha value is -0.870. The number of hydrogen-bond donors (Lipinski definition) is 0. The van der Waals surface area contributed by atoms with E-state index in [1.807, 2.05) is 13.8 Å². The van der Waals surface area contributed by atoms with E-state index in [4.69, 9.17) is 14.2 Å². The van der Waals surface area contributed by atoms with Crippen molar-refractivity contribution in [3.8, 4) is 0 Å². The van der Waals surface area contributed by atoms with E-state index in [1.54, 1.807) is 0 Å². The van der Waals surface area contributed by atoms with Crippen molar-refractivity contribution in [1.29, 1.82) is 0 Å². The second kappa shape index (κ2) is 5.28. The van der Waals surface area contributed by atoms with E-state index < -0.39 is 11.8 Å². The van der Waals surface area contributed by atoms with Crippen molar-refractivity contribution in [1.82, 2.24) is 0 Å². The van der Waals surface area contributed by atoms with Crippen molar-refractivity contribution in [3.63, 3.8) is 0 Å². The van der Waals surface area contributed by atoms with Crippen LogP contribution in [0.15, 0.2) is 12.7 Å². The maximum Gasteiger partial charge on any atom is 0.330 e. The van der Waals surface area contributed by atoms with Crippen LogP contribution in [0.4, 0.5) is 0 Å². The maximum absolute atomic E-state index is 10.8. The van der Waals surface area contributed by atoms with Gasteiger partial charge < -0.3 is 14.2 Å². The fourth-order valence-corrected chi connectivity index (χ4v) is 1.55. The van der Waals surface area contributed by atoms with Crippen LogP contribution in [-0.2, 0) is 19.0 Å². The molecule has 0 radical (unpaired) electrons. The predicted molar refractivity (Wildman–Crippen MR) is 55.3 cm³/mol. The smallest absolute Gasteiger partial charge is 0.330 e. The van der Waals surface area contributed by atoms with Crippen LogP contribution >= 0.6 is 0 Å². The number of rotatable bonds is 5. The monoisotopic (exact) mass is 214 g/mol. The zero-order valence-corrected chi connectivity index (χ0v) is 9.32. The molecule has 0 spiro atoms. The Morgan fingerprint density at radius 1 is 1.60 bits per heavy atom. The van der Waals surface area contributed by atoms with Crippen molar-refractivity contribution < 1.29 is 19.0 Å². The summed E-state index contributed by atoms with van der Waals surface area (Å²) in [6.45, 7) is 8.06. The molecule has 0 bridgehead atoms. The van der Waals surface area contributed by atoms with Crippen LogP contribution in [0.3, 0.4) is 0 Å². The predicted octanol–water partition coefficient (Wildman–Crippen LogP) is 1.65. The van der Waals surface area contributed by atoms with Crippen LogP contribution in [-0.4, -0.2) is 31.1 Å². The van der Waals surface area contributed by atoms with Gasteiger partial charge in [0.1, 0.15) is 12.7 Å². The lowest BCUT2D eigenvalue weighted by Gasteiger charge is -2.24. The molecule has 0 amide bonds. The van der Waals surface area contributed by atoms with Gasteiger partial charge in [-0.25, -0.2) is 4.79 Å². The number of esters is 1. The van der Waals surface area contributed by atoms with E-state index in [0.29, 0.717) is 6.61 Å². The van der Waals surface area contributed by atoms with E-state index in [2.05, 4.69) is 6.58 Å². The number of hydrogen-bond acceptors (Lipinski definition) is 4. The lowest BCUT2D eigenvalue weighted by atomic mass is 10.1. The van der Waals surface area contributed by atoms with Gasteiger partial charge in [-0.2, -0.15) is 0 Å². The number of ether oxygens (including phenoxy) is 3. The Bertz CT molecular complexity index is 233. The summed E-state index contributed by atoms with van der Waals surface area (Å²) in [6.07, 6.45) is 2.59. The van der Waals surface area contributed by atoms with Crippen LogP contribution in [0.5, 0.6) is 0 Å². The molecule has 1 aliphatic heterocycles. The Balaban J connectivity index is 2.36. The molecule has 1 unspecified atom stereocenters. The lowest BCUT2D eigenvalue weighted by Crippen LogP contribution is -2.30. The molecule has 1 saturated heterocycles. The quantitative estimate of drug-likeness (QED) is 0.515. The average Bonchev–Trinajstić information content (AvgIpc) is 2.70. The summed E-state index contributed by atoms with van der Waals surface area (Å²) in [5, 5.41) is 0. The summed E-state index contributed by atoms with van der Waals surface area (Å²) in [4.78, 5) is 10.8. The molecule has 1 aliphatic rings. The van der Waals surface area contributed by atoms with Crippen LogP contribution in [0.1, 0.15) is 26.7 Å². The van der Waals surface area contributed by atoms with E-state index in [0.717, 1.165) is 18.9 Å². The number of carbonyl (C=O) groups excluding carboxylic acids is 1. The molecule has 1 heterocycles. The first-order valence-corrected chi connectivity index (χ1v) is 5.26. The van der Waals surface area contributed by atoms with E-state index >= 15 is 0 Å². The Kier molecular flexibility index (Phi) is 4.29. The molecule has 0 aromatic carbocycles. The highest BCUT2D eigenvalue weighted by molar-refractivity contribution is 5.81. The van der Waals surface area contributed by atoms with Gasteiger partial charge in [0.25, 0.3) is 0 Å². The van der Waals surface area contributed by atoms with E-state index in [-0.39, 0.29) is 12.7 Å². The summed E-state index contributed by atoms with van der Waals surface area (Å²) in [5.74, 6) is -0.908. The van der Waals surface area contributed by atoms with Crippen molar-refractivity contribution >= 4 is 5.97 Å². The van der Waals surface area contributed by atoms with Crippen molar-refractivity contribution in [2.75, 3.05) is 13.2 Å². The van der Waals surface area contributed by atoms with Gasteiger partial charge in [0.05, 0.1) is 6.61 Å². The largest absolute Gasteiger partial charge is 0.460 e. The highest BCUT2D eigenvalue weighted by Crippen LogP contribution is 2.30. The molecule has 0 saturated carbocycles. The summed E-state index contributed by atoms with van der Waals surface area (Å²) in [6, 6.07) is 0. The molecule has 1 rings (SSSR count). The van der Waals surface area contributed by atoms with Gasteiger partial charge in [0, 0.05) is 6.08 Å². The maximum atomic E-state index is 10.8. The van der Waals surface area contributed by atoms with Gasteiger partial charge in [-0.05, 0) is 12.8 Å². The molecule has 4 nitrogen and oxygen atoms in total. The topological polar surface area (TPSA) is 44.8 Å². The summed E-state index contributed by atoms with van der Waals surface area (Å²) in [7, 11) is 0. The molecule has 86 valence electrons. The number of carbonyl (C=O) groups is 1. The molecule has 4 heteroatoms. The molecular weight excluding hydrogens is 196 g/mol. The minimum absolute atomic E-state index is 0.159. The SMILES string of the molecule is C=CC(=O)OCC1COC(CC)(CC)O1. The molecule has 0 N–H and O–H groups in total. The van der Waals surface area contributed by atoms with Crippen molar-refractivity contribution in [2.24, 2.45) is 0 Å². The Morgan fingerprint density at radius 3 is 2.73 bits per heavy atom. The third-order valence-electron chi connectivity index (χ3n) is 2.57. The summed E-state index contributed by atoms with van der Waals surface area (Å²) in [5.41, 5.74) is 0. The average molecular weight is 214 g/mol. The zero-order chi connectivity index (χ0) is 11.3. The van der Waals surface area contributed by atoms with Gasteiger partial charge in [-0.3, -0.25) is 0 Å². The van der Waals surface area contributed by atoms with Crippen molar-refractivity contribution in [2.45, 2.75) is 38.6 Å². The fraction of sp³-hybridized carbons (Fsp3) is 0.727. The fourth-order valence-electron chi connectivity index (χ4n) is 1.55. The molecular formula is C11H18O4. The lowest BCUT2D eigenvalue weighted by molar-refractivity contribution is -0.178. The van der Waals surface area contributed by atoms with Crippen LogP contribution in [0.25, 0.3) is 0 Å². The first-order valence-electron chi connectivity index (χ1n) is 5.26. The zero-order valence-electron chi connectivity index (χ0n) is 9.32. The Morgan fingerprint density at radius 2 is 2.27 bits per heavy atom. The minimum Gasteiger partial charge on any atom is -0.460 e. The first-order chi connectivity index (χ1) is 7.15. The van der Waals surface area contributed by atoms with Gasteiger partial charge >= 0.3 is 5.97 Å². The van der Waals surface area contributed by atoms with Gasteiger partial charge in [-0.15, -0.1) is 0 Å². The third kappa shape index (κ3) is 3.04. The molecule has 1 fully saturated rings. The van der Waals surface area contributed by atoms with E-state index in [1.165, 1.54) is 0 Å². The summed E-state index contributed by atoms with van der Waals surface area (Å²) >= 11 is 0. The molecule has 0 aromatic heterocycles. The van der Waals surface area contributed by atoms with Gasteiger partial charge in [0.2, 0.25) is 0 Å². The first kappa shape index (κ1) is 12.2. The van der Waals surface area contributed by atoms with E-state index in [9.17, 15) is 4.79 Å². The summed E-state index contributed by atoms with van der Waals surface area (Å²) < 4.78 is 16.2. The van der Waals surface area contributed by atoms with Gasteiger partial charge in [0.15, 0.2) is 5.79 Å². The standard InChI is InChI=1S/C11H18O4/c1-4-10(12)13-7-9-8-14-11(5-2,6-3)15-9/h4,9H,1,5-8H2,2-3H3. The van der Waals surface area contributed by atoms with Gasteiger partial charge in [-0.1, -0.05) is 20.4 Å². The Labute approximate surface area is 90.2 Å².